The number of imide groups is 1. The van der Waals surface area contributed by atoms with Crippen molar-refractivity contribution in [3.8, 4) is 5.69 Å². The van der Waals surface area contributed by atoms with Crippen LogP contribution in [0.5, 0.6) is 0 Å². The number of halogens is 1. The summed E-state index contributed by atoms with van der Waals surface area (Å²) in [7, 11) is -3.40. The predicted octanol–water partition coefficient (Wildman–Crippen LogP) is 6.02. The number of rotatable bonds is 8. The number of carbonyl (C=O) groups is 2. The summed E-state index contributed by atoms with van der Waals surface area (Å²) in [6.45, 7) is 4.13. The monoisotopic (exact) mass is 588 g/mol. The zero-order chi connectivity index (χ0) is 25.9. The maximum absolute atomic E-state index is 12.7. The van der Waals surface area contributed by atoms with Gasteiger partial charge in [-0.2, -0.15) is 0 Å². The number of amides is 3. The third-order valence-corrected chi connectivity index (χ3v) is 8.88. The van der Waals surface area contributed by atoms with E-state index in [2.05, 4.69) is 45.4 Å². The van der Waals surface area contributed by atoms with Gasteiger partial charge in [-0.05, 0) is 83.2 Å². The van der Waals surface area contributed by atoms with E-state index in [-0.39, 0.29) is 15.8 Å². The van der Waals surface area contributed by atoms with E-state index in [0.29, 0.717) is 32.6 Å². The molecule has 0 aliphatic carbocycles. The molecule has 0 unspecified atom stereocenters. The number of hydrogen-bond donors (Lipinski definition) is 2. The molecule has 36 heavy (non-hydrogen) atoms. The van der Waals surface area contributed by atoms with Crippen molar-refractivity contribution in [1.82, 2.24) is 14.9 Å². The smallest absolute Gasteiger partial charge is 0.324 e. The van der Waals surface area contributed by atoms with Crippen molar-refractivity contribution in [2.24, 2.45) is 5.92 Å². The second kappa shape index (κ2) is 10.9. The molecule has 0 saturated heterocycles. The summed E-state index contributed by atoms with van der Waals surface area (Å²) in [6.07, 6.45) is 5.16. The molecule has 11 heteroatoms. The number of anilines is 1. The van der Waals surface area contributed by atoms with Crippen LogP contribution >= 0.6 is 27.3 Å². The third-order valence-electron chi connectivity index (χ3n) is 5.46. The molecule has 2 N–H and O–H groups in total. The van der Waals surface area contributed by atoms with Gasteiger partial charge in [0.1, 0.15) is 0 Å². The Morgan fingerprint density at radius 2 is 1.86 bits per heavy atom. The Balaban J connectivity index is 1.44. The Labute approximate surface area is 221 Å². The summed E-state index contributed by atoms with van der Waals surface area (Å²) in [4.78, 5) is 29.8. The van der Waals surface area contributed by atoms with Crippen LogP contribution in [0.1, 0.15) is 37.0 Å². The van der Waals surface area contributed by atoms with Gasteiger partial charge in [0.05, 0.1) is 26.4 Å². The average Bonchev–Trinajstić information content (AvgIpc) is 3.48. The van der Waals surface area contributed by atoms with Gasteiger partial charge in [0.15, 0.2) is 15.0 Å². The molecule has 0 spiro atoms. The number of nitrogens with zero attached hydrogens (tertiary/aromatic N) is 2. The van der Waals surface area contributed by atoms with E-state index < -0.39 is 21.8 Å². The van der Waals surface area contributed by atoms with Crippen LogP contribution in [0.3, 0.4) is 0 Å². The van der Waals surface area contributed by atoms with Crippen LogP contribution in [-0.2, 0) is 9.84 Å². The summed E-state index contributed by atoms with van der Waals surface area (Å²) < 4.78 is 28.4. The van der Waals surface area contributed by atoms with Crippen LogP contribution in [0.25, 0.3) is 15.9 Å². The number of carbonyl (C=O) groups excluding carboxylic acids is 2. The van der Waals surface area contributed by atoms with Crippen molar-refractivity contribution in [2.45, 2.75) is 31.6 Å². The molecular formula is C25H25BrN4O4S2. The molecule has 188 valence electrons. The fourth-order valence-electron chi connectivity index (χ4n) is 3.60. The van der Waals surface area contributed by atoms with Gasteiger partial charge in [0.25, 0.3) is 5.91 Å². The van der Waals surface area contributed by atoms with Gasteiger partial charge in [0, 0.05) is 22.6 Å². The first kappa shape index (κ1) is 26.1. The van der Waals surface area contributed by atoms with E-state index in [0.717, 1.165) is 23.4 Å². The molecule has 4 aromatic rings. The second-order valence-corrected chi connectivity index (χ2v) is 12.7. The van der Waals surface area contributed by atoms with Crippen molar-refractivity contribution in [3.63, 3.8) is 0 Å². The fraction of sp³-hybridized carbons (Fsp3) is 0.240. The van der Waals surface area contributed by atoms with Crippen molar-refractivity contribution in [1.29, 1.82) is 0 Å². The Bertz CT molecular complexity index is 1510. The van der Waals surface area contributed by atoms with Crippen molar-refractivity contribution in [2.75, 3.05) is 11.1 Å². The van der Waals surface area contributed by atoms with Crippen LogP contribution in [0.2, 0.25) is 0 Å². The number of urea groups is 1. The maximum atomic E-state index is 12.7. The Hall–Kier alpha value is -3.02. The molecule has 4 rings (SSSR count). The van der Waals surface area contributed by atoms with Crippen LogP contribution in [0, 0.1) is 5.92 Å². The minimum Gasteiger partial charge on any atom is -0.324 e. The van der Waals surface area contributed by atoms with Gasteiger partial charge in [0.2, 0.25) is 0 Å². The highest BCUT2D eigenvalue weighted by molar-refractivity contribution is 9.10. The zero-order valence-corrected chi connectivity index (χ0v) is 22.9. The second-order valence-electron chi connectivity index (χ2n) is 8.67. The molecule has 8 nitrogen and oxygen atoms in total. The van der Waals surface area contributed by atoms with Crippen LogP contribution in [-0.4, -0.2) is 35.7 Å². The topological polar surface area (TPSA) is 110 Å². The average molecular weight is 590 g/mol. The lowest BCUT2D eigenvalue weighted by Gasteiger charge is -2.09. The first-order valence-electron chi connectivity index (χ1n) is 11.3. The standard InChI is InChI=1S/C25H25BrN4O4S2/c1-16(2)6-5-13-36(33,34)18-8-10-21-22(15-18)35-25(27-21)29-24(32)28-23(31)19-14-17(7-9-20(19)26)30-11-3-4-12-30/h3-4,7-12,14-16H,5-6,13H2,1-2H3,(H2,27,28,29,31,32). The van der Waals surface area contributed by atoms with Gasteiger partial charge in [-0.15, -0.1) is 0 Å². The Morgan fingerprint density at radius 1 is 1.11 bits per heavy atom. The highest BCUT2D eigenvalue weighted by atomic mass is 79.9. The highest BCUT2D eigenvalue weighted by Gasteiger charge is 2.18. The van der Waals surface area contributed by atoms with Gasteiger partial charge in [-0.25, -0.2) is 18.2 Å². The van der Waals surface area contributed by atoms with E-state index in [1.807, 2.05) is 35.2 Å². The maximum Gasteiger partial charge on any atom is 0.327 e. The number of sulfone groups is 1. The lowest BCUT2D eigenvalue weighted by molar-refractivity contribution is 0.0966. The summed E-state index contributed by atoms with van der Waals surface area (Å²) in [5.74, 6) is -0.0452. The highest BCUT2D eigenvalue weighted by Crippen LogP contribution is 2.29. The van der Waals surface area contributed by atoms with Crippen molar-refractivity contribution >= 4 is 64.4 Å². The van der Waals surface area contributed by atoms with Crippen LogP contribution in [0.15, 0.2) is 70.3 Å². The molecule has 2 aromatic heterocycles. The molecule has 0 radical (unpaired) electrons. The number of hydrogen-bond acceptors (Lipinski definition) is 6. The summed E-state index contributed by atoms with van der Waals surface area (Å²) in [6, 6.07) is 13.0. The minimum absolute atomic E-state index is 0.0895. The lowest BCUT2D eigenvalue weighted by atomic mass is 10.1. The minimum atomic E-state index is -3.40. The molecule has 3 amide bonds. The van der Waals surface area contributed by atoms with E-state index in [9.17, 15) is 18.0 Å². The Kier molecular flexibility index (Phi) is 7.91. The quantitative estimate of drug-likeness (QED) is 0.261. The molecule has 0 aliphatic heterocycles. The van der Waals surface area contributed by atoms with E-state index >= 15 is 0 Å². The zero-order valence-electron chi connectivity index (χ0n) is 19.7. The summed E-state index contributed by atoms with van der Waals surface area (Å²) >= 11 is 4.50. The largest absolute Gasteiger partial charge is 0.327 e. The number of fused-ring (bicyclic) bond motifs is 1. The first-order chi connectivity index (χ1) is 17.1. The molecule has 0 aliphatic rings. The molecular weight excluding hydrogens is 564 g/mol. The van der Waals surface area contributed by atoms with Crippen LogP contribution in [0.4, 0.5) is 9.93 Å². The number of thiazole rings is 1. The third kappa shape index (κ3) is 6.21. The van der Waals surface area contributed by atoms with Crippen molar-refractivity contribution in [3.05, 3.63) is 71.0 Å². The first-order valence-corrected chi connectivity index (χ1v) is 14.6. The van der Waals surface area contributed by atoms with Gasteiger partial charge in [-0.3, -0.25) is 15.4 Å². The number of benzene rings is 2. The fourth-order valence-corrected chi connectivity index (χ4v) is 6.36. The lowest BCUT2D eigenvalue weighted by Crippen LogP contribution is -2.34. The Morgan fingerprint density at radius 3 is 2.58 bits per heavy atom. The van der Waals surface area contributed by atoms with Gasteiger partial charge >= 0.3 is 6.03 Å². The van der Waals surface area contributed by atoms with Crippen LogP contribution < -0.4 is 10.6 Å². The molecule has 0 bridgehead atoms. The summed E-state index contributed by atoms with van der Waals surface area (Å²) in [5.41, 5.74) is 1.63. The van der Waals surface area contributed by atoms with E-state index in [4.69, 9.17) is 0 Å². The normalized spacial score (nSPS) is 11.7. The van der Waals surface area contributed by atoms with Gasteiger partial charge < -0.3 is 4.57 Å². The number of nitrogens with one attached hydrogen (secondary N) is 2. The molecule has 2 aromatic carbocycles. The molecule has 0 atom stereocenters. The van der Waals surface area contributed by atoms with E-state index in [1.54, 1.807) is 24.3 Å². The van der Waals surface area contributed by atoms with Crippen molar-refractivity contribution < 1.29 is 18.0 Å². The molecule has 2 heterocycles. The molecule has 0 saturated carbocycles. The SMILES string of the molecule is CC(C)CCCS(=O)(=O)c1ccc2nc(NC(=O)NC(=O)c3cc(-n4cccc4)ccc3Br)sc2c1. The summed E-state index contributed by atoms with van der Waals surface area (Å²) in [5, 5.41) is 5.13. The number of aromatic nitrogens is 2. The van der Waals surface area contributed by atoms with E-state index in [1.165, 1.54) is 6.07 Å². The predicted molar refractivity (Wildman–Crippen MR) is 146 cm³/mol. The van der Waals surface area contributed by atoms with Gasteiger partial charge in [-0.1, -0.05) is 25.2 Å². The molecule has 0 fully saturated rings.